The number of rotatable bonds is 2. The zero-order valence-electron chi connectivity index (χ0n) is 8.70. The van der Waals surface area contributed by atoms with E-state index in [2.05, 4.69) is 36.8 Å². The highest BCUT2D eigenvalue weighted by Crippen LogP contribution is 2.28. The van der Waals surface area contributed by atoms with E-state index in [-0.39, 0.29) is 5.76 Å². The summed E-state index contributed by atoms with van der Waals surface area (Å²) < 4.78 is 6.93. The molecule has 0 fully saturated rings. The minimum atomic E-state index is -1.12. The number of nitrogens with zero attached hydrogens (tertiary/aromatic N) is 1. The molecule has 4 nitrogen and oxygen atoms in total. The predicted molar refractivity (Wildman–Crippen MR) is 69.0 cm³/mol. The number of aromatic carboxylic acids is 1. The van der Waals surface area contributed by atoms with Crippen LogP contribution in [0.4, 0.5) is 0 Å². The molecule has 1 aromatic carbocycles. The summed E-state index contributed by atoms with van der Waals surface area (Å²) >= 11 is 6.70. The Kier molecular flexibility index (Phi) is 3.35. The molecule has 88 valence electrons. The predicted octanol–water partition coefficient (Wildman–Crippen LogP) is 3.87. The first kappa shape index (κ1) is 12.3. The first-order valence-corrected chi connectivity index (χ1v) is 6.23. The summed E-state index contributed by atoms with van der Waals surface area (Å²) in [4.78, 5) is 14.9. The van der Waals surface area contributed by atoms with Crippen LogP contribution in [0.15, 0.2) is 31.6 Å². The van der Waals surface area contributed by atoms with E-state index in [1.54, 1.807) is 6.92 Å². The van der Waals surface area contributed by atoms with Crippen molar-refractivity contribution in [2.75, 3.05) is 0 Å². The van der Waals surface area contributed by atoms with Crippen LogP contribution in [0.5, 0.6) is 0 Å². The van der Waals surface area contributed by atoms with E-state index in [1.165, 1.54) is 0 Å². The van der Waals surface area contributed by atoms with Gasteiger partial charge in [-0.1, -0.05) is 31.9 Å². The van der Waals surface area contributed by atoms with Crippen molar-refractivity contribution in [1.82, 2.24) is 4.98 Å². The SMILES string of the molecule is Cc1nc(-c2cc(Br)cc(Br)c2)oc1C(=O)O. The van der Waals surface area contributed by atoms with Gasteiger partial charge in [0, 0.05) is 14.5 Å². The van der Waals surface area contributed by atoms with Crippen molar-refractivity contribution in [3.8, 4) is 11.5 Å². The molecule has 1 aromatic heterocycles. The van der Waals surface area contributed by atoms with Gasteiger partial charge in [0.05, 0.1) is 5.69 Å². The van der Waals surface area contributed by atoms with Crippen molar-refractivity contribution in [2.24, 2.45) is 0 Å². The van der Waals surface area contributed by atoms with Gasteiger partial charge in [-0.05, 0) is 25.1 Å². The van der Waals surface area contributed by atoms with Crippen molar-refractivity contribution in [2.45, 2.75) is 6.92 Å². The number of carboxylic acid groups (broad SMARTS) is 1. The summed E-state index contributed by atoms with van der Waals surface area (Å²) in [6, 6.07) is 5.49. The molecule has 0 unspecified atom stereocenters. The average Bonchev–Trinajstić information content (AvgIpc) is 2.59. The number of benzene rings is 1. The Labute approximate surface area is 114 Å². The minimum absolute atomic E-state index is 0.129. The van der Waals surface area contributed by atoms with E-state index in [9.17, 15) is 4.79 Å². The molecule has 0 bridgehead atoms. The van der Waals surface area contributed by atoms with Crippen LogP contribution in [0.3, 0.4) is 0 Å². The molecule has 0 aliphatic rings. The van der Waals surface area contributed by atoms with Crippen molar-refractivity contribution in [1.29, 1.82) is 0 Å². The molecule has 1 N–H and O–H groups in total. The zero-order chi connectivity index (χ0) is 12.6. The number of oxazole rings is 1. The van der Waals surface area contributed by atoms with Crippen LogP contribution < -0.4 is 0 Å². The molecule has 0 aliphatic carbocycles. The Hall–Kier alpha value is -1.14. The number of carboxylic acids is 1. The average molecular weight is 361 g/mol. The smallest absolute Gasteiger partial charge is 0.373 e. The van der Waals surface area contributed by atoms with Gasteiger partial charge in [-0.3, -0.25) is 0 Å². The molecule has 6 heteroatoms. The molecular weight excluding hydrogens is 354 g/mol. The topological polar surface area (TPSA) is 63.3 Å². The van der Waals surface area contributed by atoms with Gasteiger partial charge in [0.1, 0.15) is 0 Å². The van der Waals surface area contributed by atoms with Gasteiger partial charge in [-0.2, -0.15) is 0 Å². The van der Waals surface area contributed by atoms with Gasteiger partial charge >= 0.3 is 5.97 Å². The quantitative estimate of drug-likeness (QED) is 0.882. The maximum Gasteiger partial charge on any atom is 0.373 e. The summed E-state index contributed by atoms with van der Waals surface area (Å²) in [5.41, 5.74) is 1.07. The van der Waals surface area contributed by atoms with Crippen molar-refractivity contribution in [3.05, 3.63) is 38.6 Å². The lowest BCUT2D eigenvalue weighted by Crippen LogP contribution is -1.95. The number of hydrogen-bond donors (Lipinski definition) is 1. The van der Waals surface area contributed by atoms with Gasteiger partial charge in [0.15, 0.2) is 0 Å². The summed E-state index contributed by atoms with van der Waals surface area (Å²) in [6.45, 7) is 1.60. The Morgan fingerprint density at radius 2 is 1.88 bits per heavy atom. The monoisotopic (exact) mass is 359 g/mol. The van der Waals surface area contributed by atoms with Crippen molar-refractivity contribution >= 4 is 37.8 Å². The Morgan fingerprint density at radius 1 is 1.29 bits per heavy atom. The number of halogens is 2. The lowest BCUT2D eigenvalue weighted by Gasteiger charge is -1.98. The van der Waals surface area contributed by atoms with Gasteiger partial charge in [-0.15, -0.1) is 0 Å². The van der Waals surface area contributed by atoms with E-state index in [4.69, 9.17) is 9.52 Å². The lowest BCUT2D eigenvalue weighted by molar-refractivity contribution is 0.0662. The van der Waals surface area contributed by atoms with Crippen LogP contribution in [-0.4, -0.2) is 16.1 Å². The van der Waals surface area contributed by atoms with Gasteiger partial charge in [-0.25, -0.2) is 9.78 Å². The number of carbonyl (C=O) groups is 1. The number of aromatic nitrogens is 1. The molecule has 17 heavy (non-hydrogen) atoms. The van der Waals surface area contributed by atoms with Gasteiger partial charge in [0.2, 0.25) is 11.7 Å². The third-order valence-electron chi connectivity index (χ3n) is 2.10. The molecule has 0 aliphatic heterocycles. The molecule has 2 aromatic rings. The number of aryl methyl sites for hydroxylation is 1. The first-order chi connectivity index (χ1) is 7.97. The molecule has 0 radical (unpaired) electrons. The van der Waals surface area contributed by atoms with E-state index < -0.39 is 5.97 Å². The molecule has 0 amide bonds. The van der Waals surface area contributed by atoms with Crippen molar-refractivity contribution in [3.63, 3.8) is 0 Å². The maximum atomic E-state index is 10.8. The highest BCUT2D eigenvalue weighted by Gasteiger charge is 2.17. The maximum absolute atomic E-state index is 10.8. The summed E-state index contributed by atoms with van der Waals surface area (Å²) in [5, 5.41) is 8.88. The largest absolute Gasteiger partial charge is 0.475 e. The second-order valence-electron chi connectivity index (χ2n) is 3.40. The molecule has 2 rings (SSSR count). The second kappa shape index (κ2) is 4.62. The molecule has 0 saturated heterocycles. The standard InChI is InChI=1S/C11H7Br2NO3/c1-5-9(11(15)16)17-10(14-5)6-2-7(12)4-8(13)3-6/h2-4H,1H3,(H,15,16). The highest BCUT2D eigenvalue weighted by atomic mass is 79.9. The van der Waals surface area contributed by atoms with E-state index in [0.717, 1.165) is 8.95 Å². The first-order valence-electron chi connectivity index (χ1n) is 4.64. The third kappa shape index (κ3) is 2.58. The van der Waals surface area contributed by atoms with Crippen LogP contribution >= 0.6 is 31.9 Å². The normalized spacial score (nSPS) is 10.5. The molecular formula is C11H7Br2NO3. The zero-order valence-corrected chi connectivity index (χ0v) is 11.9. The van der Waals surface area contributed by atoms with Crippen LogP contribution in [0.1, 0.15) is 16.2 Å². The summed E-state index contributed by atoms with van der Waals surface area (Å²) in [7, 11) is 0. The van der Waals surface area contributed by atoms with Gasteiger partial charge in [0.25, 0.3) is 0 Å². The molecule has 1 heterocycles. The van der Waals surface area contributed by atoms with E-state index >= 15 is 0 Å². The van der Waals surface area contributed by atoms with Crippen LogP contribution in [-0.2, 0) is 0 Å². The number of hydrogen-bond acceptors (Lipinski definition) is 3. The molecule has 0 saturated carbocycles. The van der Waals surface area contributed by atoms with Crippen molar-refractivity contribution < 1.29 is 14.3 Å². The second-order valence-corrected chi connectivity index (χ2v) is 5.23. The fourth-order valence-electron chi connectivity index (χ4n) is 1.40. The summed E-state index contributed by atoms with van der Waals surface area (Å²) in [6.07, 6.45) is 0. The van der Waals surface area contributed by atoms with Crippen LogP contribution in [0.25, 0.3) is 11.5 Å². The molecule has 0 spiro atoms. The summed E-state index contributed by atoms with van der Waals surface area (Å²) in [5.74, 6) is -0.951. The Bertz CT molecular complexity index is 572. The fourth-order valence-corrected chi connectivity index (χ4v) is 2.69. The Morgan fingerprint density at radius 3 is 2.35 bits per heavy atom. The minimum Gasteiger partial charge on any atom is -0.475 e. The van der Waals surface area contributed by atoms with Crippen LogP contribution in [0, 0.1) is 6.92 Å². The fraction of sp³-hybridized carbons (Fsp3) is 0.0909. The van der Waals surface area contributed by atoms with Crippen LogP contribution in [0.2, 0.25) is 0 Å². The lowest BCUT2D eigenvalue weighted by atomic mass is 10.2. The van der Waals surface area contributed by atoms with E-state index in [0.29, 0.717) is 17.1 Å². The van der Waals surface area contributed by atoms with E-state index in [1.807, 2.05) is 18.2 Å². The Balaban J connectivity index is 2.53. The van der Waals surface area contributed by atoms with Gasteiger partial charge < -0.3 is 9.52 Å². The third-order valence-corrected chi connectivity index (χ3v) is 3.02. The molecule has 0 atom stereocenters. The highest BCUT2D eigenvalue weighted by molar-refractivity contribution is 9.11.